The molecule has 0 amide bonds. The van der Waals surface area contributed by atoms with Crippen LogP contribution in [0.1, 0.15) is 212 Å². The largest absolute Gasteiger partial charge is 0.458 e. The number of allylic oxidation sites excluding steroid dienone is 4. The van der Waals surface area contributed by atoms with Gasteiger partial charge in [-0.05, 0) is 149 Å². The van der Waals surface area contributed by atoms with E-state index < -0.39 is 127 Å². The molecule has 3 fully saturated rings. The van der Waals surface area contributed by atoms with Crippen LogP contribution in [0.2, 0.25) is 0 Å². The third-order valence-electron chi connectivity index (χ3n) is 22.6. The molecule has 98 heavy (non-hydrogen) atoms. The second kappa shape index (κ2) is 43.3. The van der Waals surface area contributed by atoms with Crippen LogP contribution in [0.25, 0.3) is 0 Å². The van der Waals surface area contributed by atoms with Gasteiger partial charge in [0.1, 0.15) is 12.2 Å². The minimum atomic E-state index is -1.16. The van der Waals surface area contributed by atoms with Crippen LogP contribution in [0.4, 0.5) is 0 Å². The number of cyclic esters (lactones) is 2. The Morgan fingerprint density at radius 3 is 1.31 bits per heavy atom. The van der Waals surface area contributed by atoms with Gasteiger partial charge >= 0.3 is 11.9 Å². The molecule has 0 aromatic heterocycles. The van der Waals surface area contributed by atoms with Gasteiger partial charge in [-0.15, -0.1) is 0 Å². The maximum absolute atomic E-state index is 13.9. The molecular weight excluding hydrogens is 1260 g/mol. The highest BCUT2D eigenvalue weighted by Gasteiger charge is 2.43. The van der Waals surface area contributed by atoms with E-state index in [1.165, 1.54) is 12.2 Å². The van der Waals surface area contributed by atoms with Gasteiger partial charge in [0, 0.05) is 95.4 Å². The lowest BCUT2D eigenvalue weighted by Gasteiger charge is -2.38. The zero-order chi connectivity index (χ0) is 72.5. The number of aliphatic hydroxyl groups excluding tert-OH is 8. The van der Waals surface area contributed by atoms with Crippen molar-refractivity contribution in [2.75, 3.05) is 28.4 Å². The van der Waals surface area contributed by atoms with E-state index in [0.717, 1.165) is 44.9 Å². The molecule has 30 atom stereocenters. The number of aliphatic hydroxyl groups is 8. The molecule has 5 aliphatic heterocycles. The minimum Gasteiger partial charge on any atom is -0.458 e. The van der Waals surface area contributed by atoms with Crippen LogP contribution in [-0.2, 0) is 57.0 Å². The molecule has 5 heterocycles. The van der Waals surface area contributed by atoms with Crippen LogP contribution in [0.5, 0.6) is 0 Å². The first kappa shape index (κ1) is 85.6. The Hall–Kier alpha value is -3.00. The summed E-state index contributed by atoms with van der Waals surface area (Å²) >= 11 is 0. The predicted octanol–water partition coefficient (Wildman–Crippen LogP) is 10.3. The summed E-state index contributed by atoms with van der Waals surface area (Å²) in [6, 6.07) is 0. The second-order valence-corrected chi connectivity index (χ2v) is 30.7. The van der Waals surface area contributed by atoms with Crippen molar-refractivity contribution < 1.29 is 97.8 Å². The van der Waals surface area contributed by atoms with E-state index in [9.17, 15) is 50.4 Å². The van der Waals surface area contributed by atoms with Crippen molar-refractivity contribution >= 4 is 11.9 Å². The molecule has 3 saturated heterocycles. The van der Waals surface area contributed by atoms with E-state index in [1.807, 2.05) is 93.5 Å². The SMILES string of the molecule is CO[C@H]1C[C@H](CC[C@@H](C)[C@H](O)[C@H](C)[C@H]2OC(=O)/C=C/C(C)=C/C[C@H](O)C[C@@H]3C=CC[C@@H](C[C@H](OC)[C@@H](C)[C@@H](O)C[C@@H](O)[C@H](C)[C@@H]([C@@H](C)[C@@H](O)[C@@H](C)CC[C@H]4C[C@H](OC)C[C@H](C)O4)OC(=O)/C=C/C(C)=C\C[C@@H](O)C[C@@H]4CCC[C@@H](C[C@H](OC)[C@@H](C)[C@@H](O)C[C@@H](O)[C@@H]2C)O4)O3)O[C@@H](C)C1. The van der Waals surface area contributed by atoms with E-state index in [2.05, 4.69) is 0 Å². The van der Waals surface area contributed by atoms with Gasteiger partial charge < -0.3 is 88.2 Å². The molecular formula is C78H134O20. The third kappa shape index (κ3) is 28.2. The van der Waals surface area contributed by atoms with Crippen molar-refractivity contribution in [1.82, 2.24) is 0 Å². The number of fused-ring (bicyclic) bond motifs is 4. The Bertz CT molecular complexity index is 2440. The summed E-state index contributed by atoms with van der Waals surface area (Å²) in [7, 11) is 6.61. The summed E-state index contributed by atoms with van der Waals surface area (Å²) in [5.41, 5.74) is 1.41. The highest BCUT2D eigenvalue weighted by Crippen LogP contribution is 2.37. The van der Waals surface area contributed by atoms with Crippen LogP contribution < -0.4 is 0 Å². The number of esters is 2. The molecule has 8 N–H and O–H groups in total. The third-order valence-corrected chi connectivity index (χ3v) is 22.6. The summed E-state index contributed by atoms with van der Waals surface area (Å²) in [5, 5.41) is 94.5. The van der Waals surface area contributed by atoms with Gasteiger partial charge in [-0.25, -0.2) is 9.59 Å². The van der Waals surface area contributed by atoms with Gasteiger partial charge in [0.15, 0.2) is 0 Å². The fourth-order valence-corrected chi connectivity index (χ4v) is 15.7. The maximum atomic E-state index is 13.9. The average molecular weight is 1390 g/mol. The second-order valence-electron chi connectivity index (χ2n) is 30.7. The van der Waals surface area contributed by atoms with Gasteiger partial charge in [0.25, 0.3) is 0 Å². The molecule has 20 heteroatoms. The molecule has 0 saturated carbocycles. The van der Waals surface area contributed by atoms with E-state index in [1.54, 1.807) is 54.4 Å². The number of hydrogen-bond donors (Lipinski definition) is 8. The van der Waals surface area contributed by atoms with Crippen molar-refractivity contribution in [3.63, 3.8) is 0 Å². The van der Waals surface area contributed by atoms with E-state index in [0.29, 0.717) is 68.9 Å². The number of hydrogen-bond acceptors (Lipinski definition) is 20. The Morgan fingerprint density at radius 2 is 0.878 bits per heavy atom. The Labute approximate surface area is 588 Å². The lowest BCUT2D eigenvalue weighted by Crippen LogP contribution is -2.45. The Morgan fingerprint density at radius 1 is 0.469 bits per heavy atom. The molecule has 5 rings (SSSR count). The first-order chi connectivity index (χ1) is 46.4. The van der Waals surface area contributed by atoms with Crippen LogP contribution in [-0.4, -0.2) is 216 Å². The smallest absolute Gasteiger partial charge is 0.331 e. The van der Waals surface area contributed by atoms with E-state index in [4.69, 9.17) is 47.4 Å². The molecule has 0 radical (unpaired) electrons. The fraction of sp³-hybridized carbons (Fsp3) is 0.846. The topological polar surface area (TPSA) is 288 Å². The number of ether oxygens (including phenoxy) is 10. The summed E-state index contributed by atoms with van der Waals surface area (Å²) < 4.78 is 61.5. The van der Waals surface area contributed by atoms with Crippen LogP contribution in [0, 0.1) is 47.3 Å². The quantitative estimate of drug-likeness (QED) is 0.0526. The number of rotatable bonds is 16. The first-order valence-corrected chi connectivity index (χ1v) is 37.4. The minimum absolute atomic E-state index is 0.0260. The van der Waals surface area contributed by atoms with Crippen LogP contribution in [0.15, 0.2) is 59.8 Å². The van der Waals surface area contributed by atoms with Gasteiger partial charge in [-0.1, -0.05) is 103 Å². The van der Waals surface area contributed by atoms with E-state index >= 15 is 0 Å². The molecule has 566 valence electrons. The van der Waals surface area contributed by atoms with Crippen molar-refractivity contribution in [2.45, 2.75) is 346 Å². The summed E-state index contributed by atoms with van der Waals surface area (Å²) in [5.74, 6) is -5.42. The number of carbonyl (C=O) groups is 2. The molecule has 0 aromatic rings. The van der Waals surface area contributed by atoms with Gasteiger partial charge in [0.05, 0.1) is 122 Å². The zero-order valence-corrected chi connectivity index (χ0v) is 62.6. The molecule has 4 bridgehead atoms. The van der Waals surface area contributed by atoms with Gasteiger partial charge in [-0.2, -0.15) is 0 Å². The van der Waals surface area contributed by atoms with Crippen molar-refractivity contribution in [3.05, 3.63) is 59.8 Å². The highest BCUT2D eigenvalue weighted by atomic mass is 16.6. The van der Waals surface area contributed by atoms with Gasteiger partial charge in [-0.3, -0.25) is 0 Å². The number of carbonyl (C=O) groups excluding carboxylic acids is 2. The summed E-state index contributed by atoms with van der Waals surface area (Å²) in [6.45, 7) is 22.6. The first-order valence-electron chi connectivity index (χ1n) is 37.4. The van der Waals surface area contributed by atoms with Crippen LogP contribution in [0.3, 0.4) is 0 Å². The van der Waals surface area contributed by atoms with E-state index in [-0.39, 0.29) is 92.5 Å². The lowest BCUT2D eigenvalue weighted by molar-refractivity contribution is -0.159. The average Bonchev–Trinajstić information content (AvgIpc) is 0.853. The molecule has 0 spiro atoms. The molecule has 0 aromatic carbocycles. The lowest BCUT2D eigenvalue weighted by atomic mass is 9.78. The van der Waals surface area contributed by atoms with Gasteiger partial charge in [0.2, 0.25) is 0 Å². The fourth-order valence-electron chi connectivity index (χ4n) is 15.7. The van der Waals surface area contributed by atoms with Crippen LogP contribution >= 0.6 is 0 Å². The maximum Gasteiger partial charge on any atom is 0.331 e. The summed E-state index contributed by atoms with van der Waals surface area (Å²) in [4.78, 5) is 27.8. The molecule has 0 aliphatic carbocycles. The van der Waals surface area contributed by atoms with Crippen molar-refractivity contribution in [2.24, 2.45) is 47.3 Å². The Kier molecular flexibility index (Phi) is 37.9. The Balaban J connectivity index is 1.36. The standard InChI is InChI=1S/C78H134O20/c1-45-23-29-57(79)37-59-19-17-21-61(95-59)41-71(91-15)52(8)68(82)44-70(84)54(10)78(56(12)76(88)48(4)28-32-64-40-66(90-14)36-50(6)94-64)98-74(86)34-26-46(2)24-30-58(80)38-60-20-18-22-62(96-60)42-72(92-16)51(7)67(81)43-69(83)53(9)77(97-73(85)33-25-45)55(11)75(87)47(3)27-31-63-39-65(89-13)35-49(5)93-63/h17,19,23-26,33-34,47-72,75-84,87-88H,18,20-22,27-32,35-44H2,1-16H3/b33-25+,34-26+,45-23+,46-24-/t47-,48+,49+,50+,51+,52+,53+,54+,55+,56+,57+,58-,59+,60+,61+,62+,63+,64+,65-,66-,67+,68+,69-,70-,71+,72+,75+,76+,77+,78+/m1/s1. The summed E-state index contributed by atoms with van der Waals surface area (Å²) in [6.07, 6.45) is 12.7. The highest BCUT2D eigenvalue weighted by molar-refractivity contribution is 5.83. The predicted molar refractivity (Wildman–Crippen MR) is 378 cm³/mol. The zero-order valence-electron chi connectivity index (χ0n) is 62.6. The van der Waals surface area contributed by atoms with Crippen molar-refractivity contribution in [3.8, 4) is 0 Å². The molecule has 5 aliphatic rings. The number of methoxy groups -OCH3 is 4. The molecule has 20 nitrogen and oxygen atoms in total. The molecule has 0 unspecified atom stereocenters. The monoisotopic (exact) mass is 1390 g/mol. The van der Waals surface area contributed by atoms with Crippen molar-refractivity contribution in [1.29, 1.82) is 0 Å². The normalized spacial score (nSPS) is 41.2.